The first-order valence-corrected chi connectivity index (χ1v) is 10.4. The van der Waals surface area contributed by atoms with Gasteiger partial charge in [0.2, 0.25) is 11.6 Å². The maximum absolute atomic E-state index is 11.6. The molecular weight excluding hydrogens is 437 g/mol. The maximum atomic E-state index is 11.6. The molecule has 2 aromatic heterocycles. The number of rotatable bonds is 10. The first-order chi connectivity index (χ1) is 14.4. The summed E-state index contributed by atoms with van der Waals surface area (Å²) >= 11 is 0. The Balaban J connectivity index is 0.000000373. The van der Waals surface area contributed by atoms with Gasteiger partial charge in [0.05, 0.1) is 27.7 Å². The molecule has 31 heavy (non-hydrogen) atoms. The fourth-order valence-electron chi connectivity index (χ4n) is 1.76. The number of imidazole rings is 2. The Morgan fingerprint density at radius 3 is 2.06 bits per heavy atom. The quantitative estimate of drug-likeness (QED) is 0.169. The molecule has 0 unspecified atom stereocenters. The van der Waals surface area contributed by atoms with Crippen LogP contribution in [0.3, 0.4) is 0 Å². The van der Waals surface area contributed by atoms with Gasteiger partial charge in [-0.15, -0.1) is 0 Å². The third-order valence-corrected chi connectivity index (χ3v) is 3.80. The Bertz CT molecular complexity index is 830. The van der Waals surface area contributed by atoms with Crippen molar-refractivity contribution in [2.45, 2.75) is 6.10 Å². The number of esters is 2. The summed E-state index contributed by atoms with van der Waals surface area (Å²) in [6.45, 7) is -0.126. The molecule has 14 nitrogen and oxygen atoms in total. The van der Waals surface area contributed by atoms with Gasteiger partial charge in [0.25, 0.3) is 0 Å². The zero-order valence-electron chi connectivity index (χ0n) is 17.3. The number of aromatic amines is 2. The van der Waals surface area contributed by atoms with Crippen molar-refractivity contribution < 1.29 is 47.5 Å². The number of carbonyl (C=O) groups is 2. The molecule has 2 aromatic rings. The second-order valence-corrected chi connectivity index (χ2v) is 8.26. The topological polar surface area (TPSA) is 197 Å². The lowest BCUT2D eigenvalue weighted by Crippen LogP contribution is -2.37. The number of aliphatic hydroxyl groups is 1. The average Bonchev–Trinajstić information content (AvgIpc) is 3.37. The van der Waals surface area contributed by atoms with Gasteiger partial charge in [-0.1, -0.05) is 0 Å². The molecule has 2 rings (SSSR count). The van der Waals surface area contributed by atoms with Gasteiger partial charge >= 0.3 is 19.8 Å². The van der Waals surface area contributed by atoms with Crippen molar-refractivity contribution in [1.29, 1.82) is 0 Å². The molecule has 5 N–H and O–H groups in total. The Morgan fingerprint density at radius 2 is 1.65 bits per heavy atom. The highest BCUT2D eigenvalue weighted by Gasteiger charge is 2.20. The normalized spacial score (nSPS) is 12.5. The maximum Gasteiger partial charge on any atom is 0.469 e. The summed E-state index contributed by atoms with van der Waals surface area (Å²) in [5.41, 5.74) is 0. The zero-order chi connectivity index (χ0) is 23.5. The lowest BCUT2D eigenvalue weighted by Gasteiger charge is -2.23. The van der Waals surface area contributed by atoms with Crippen molar-refractivity contribution in [2.75, 3.05) is 47.5 Å². The molecule has 0 aliphatic rings. The van der Waals surface area contributed by atoms with E-state index in [4.69, 9.17) is 24.4 Å². The van der Waals surface area contributed by atoms with Crippen LogP contribution < -0.4 is 0 Å². The van der Waals surface area contributed by atoms with Crippen LogP contribution in [0.15, 0.2) is 24.8 Å². The number of phosphoric ester groups is 1. The molecule has 0 saturated carbocycles. The number of nitrogens with zero attached hydrogens (tertiary/aromatic N) is 3. The largest absolute Gasteiger partial charge is 0.469 e. The Kier molecular flexibility index (Phi) is 10.5. The smallest absolute Gasteiger partial charge is 0.456 e. The number of phosphoric acid groups is 1. The first kappa shape index (κ1) is 26.4. The number of ether oxygens (including phenoxy) is 2. The predicted molar refractivity (Wildman–Crippen MR) is 105 cm³/mol. The third kappa shape index (κ3) is 12.0. The highest BCUT2D eigenvalue weighted by molar-refractivity contribution is 7.46. The summed E-state index contributed by atoms with van der Waals surface area (Å²) < 4.78 is 24.8. The summed E-state index contributed by atoms with van der Waals surface area (Å²) in [5, 5.41) is 9.09. The minimum absolute atomic E-state index is 0.000751. The van der Waals surface area contributed by atoms with E-state index >= 15 is 0 Å². The Morgan fingerprint density at radius 1 is 1.10 bits per heavy atom. The molecule has 0 aliphatic carbocycles. The van der Waals surface area contributed by atoms with E-state index in [0.29, 0.717) is 11.0 Å². The molecular formula is C16H27N5O9P+. The Hall–Kier alpha value is -2.61. The highest BCUT2D eigenvalue weighted by Crippen LogP contribution is 2.35. The van der Waals surface area contributed by atoms with Crippen molar-refractivity contribution in [3.8, 4) is 0 Å². The van der Waals surface area contributed by atoms with Crippen LogP contribution in [0.4, 0.5) is 0 Å². The zero-order valence-corrected chi connectivity index (χ0v) is 18.2. The van der Waals surface area contributed by atoms with Crippen molar-refractivity contribution in [1.82, 2.24) is 19.9 Å². The van der Waals surface area contributed by atoms with Crippen LogP contribution in [0.25, 0.3) is 0 Å². The summed E-state index contributed by atoms with van der Waals surface area (Å²) in [7, 11) is 1.50. The number of aromatic nitrogens is 4. The van der Waals surface area contributed by atoms with Gasteiger partial charge in [0.1, 0.15) is 19.8 Å². The summed E-state index contributed by atoms with van der Waals surface area (Å²) in [6.07, 6.45) is 4.74. The molecule has 174 valence electrons. The molecule has 15 heteroatoms. The fraction of sp³-hybridized carbons (Fsp3) is 0.500. The number of likely N-dealkylation sites (N-methyl/N-ethyl adjacent to an activating group) is 1. The molecule has 0 radical (unpaired) electrons. The molecule has 2 heterocycles. The number of H-pyrrole nitrogens is 2. The lowest BCUT2D eigenvalue weighted by molar-refractivity contribution is -0.870. The first-order valence-electron chi connectivity index (χ1n) is 8.89. The van der Waals surface area contributed by atoms with Gasteiger partial charge < -0.3 is 38.8 Å². The van der Waals surface area contributed by atoms with Gasteiger partial charge in [0.15, 0.2) is 6.10 Å². The van der Waals surface area contributed by atoms with E-state index in [1.165, 1.54) is 24.8 Å². The van der Waals surface area contributed by atoms with E-state index in [0.717, 1.165) is 0 Å². The van der Waals surface area contributed by atoms with E-state index in [1.807, 2.05) is 21.1 Å². The van der Waals surface area contributed by atoms with Crippen LogP contribution in [0.2, 0.25) is 0 Å². The lowest BCUT2D eigenvalue weighted by atomic mass is 10.4. The third-order valence-electron chi connectivity index (χ3n) is 3.28. The minimum Gasteiger partial charge on any atom is -0.456 e. The number of hydrogen-bond acceptors (Lipinski definition) is 9. The second-order valence-electron chi connectivity index (χ2n) is 7.02. The molecule has 0 aromatic carbocycles. The van der Waals surface area contributed by atoms with Crippen LogP contribution in [-0.2, 0) is 18.6 Å². The summed E-state index contributed by atoms with van der Waals surface area (Å²) in [6, 6.07) is 0. The van der Waals surface area contributed by atoms with Crippen LogP contribution >= 0.6 is 7.82 Å². The molecule has 0 saturated heterocycles. The predicted octanol–water partition coefficient (Wildman–Crippen LogP) is -0.691. The van der Waals surface area contributed by atoms with Gasteiger partial charge in [-0.3, -0.25) is 4.52 Å². The van der Waals surface area contributed by atoms with Crippen molar-refractivity contribution in [3.05, 3.63) is 36.4 Å². The van der Waals surface area contributed by atoms with Gasteiger partial charge in [-0.05, 0) is 0 Å². The molecule has 0 fully saturated rings. The summed E-state index contributed by atoms with van der Waals surface area (Å²) in [4.78, 5) is 52.2. The molecule has 0 amide bonds. The van der Waals surface area contributed by atoms with E-state index in [9.17, 15) is 14.2 Å². The highest BCUT2D eigenvalue weighted by atomic mass is 31.2. The van der Waals surface area contributed by atoms with Crippen LogP contribution in [0.5, 0.6) is 0 Å². The van der Waals surface area contributed by atoms with Gasteiger partial charge in [-0.25, -0.2) is 24.1 Å². The van der Waals surface area contributed by atoms with E-state index in [1.54, 1.807) is 0 Å². The van der Waals surface area contributed by atoms with Gasteiger partial charge in [0, 0.05) is 24.8 Å². The number of aliphatic hydroxyl groups excluding tert-OH is 1. The number of carbonyl (C=O) groups excluding carboxylic acids is 2. The van der Waals surface area contributed by atoms with Crippen LogP contribution in [-0.4, -0.2) is 105 Å². The fourth-order valence-corrected chi connectivity index (χ4v) is 2.08. The number of nitrogens with one attached hydrogen (secondary N) is 2. The average molecular weight is 464 g/mol. The SMILES string of the molecule is C[N+](C)(C)CCOP(=O)(O)O.O=C(OC[C@H](CO)OC(=O)c1ncc[nH]1)c1ncc[nH]1. The minimum atomic E-state index is -4.26. The summed E-state index contributed by atoms with van der Waals surface area (Å²) in [5.74, 6) is -1.43. The van der Waals surface area contributed by atoms with Crippen molar-refractivity contribution >= 4 is 19.8 Å². The second kappa shape index (κ2) is 12.3. The van der Waals surface area contributed by atoms with E-state index < -0.39 is 32.5 Å². The van der Waals surface area contributed by atoms with Crippen molar-refractivity contribution in [2.24, 2.45) is 0 Å². The number of quaternary nitrogens is 1. The number of hydrogen-bond donors (Lipinski definition) is 5. The van der Waals surface area contributed by atoms with Gasteiger partial charge in [-0.2, -0.15) is 0 Å². The molecule has 1 atom stereocenters. The van der Waals surface area contributed by atoms with E-state index in [2.05, 4.69) is 24.5 Å². The molecule has 0 aliphatic heterocycles. The monoisotopic (exact) mass is 464 g/mol. The Labute approximate surface area is 178 Å². The molecule has 0 bridgehead atoms. The standard InChI is InChI=1S/C11H12N4O5.C5H14NO4P/c16-5-7(20-11(18)9-14-3-4-15-9)6-19-10(17)8-12-1-2-13-8;1-6(2,3)4-5-10-11(7,8)9/h1-4,7,16H,5-6H2,(H,12,13)(H,14,15);4-5H2,1-3H3,(H-,7,8,9)/p+1/t7-;/m0./s1. The molecule has 0 spiro atoms. The van der Waals surface area contributed by atoms with Crippen LogP contribution in [0, 0.1) is 0 Å². The van der Waals surface area contributed by atoms with E-state index in [-0.39, 0.29) is 24.9 Å². The van der Waals surface area contributed by atoms with Crippen LogP contribution in [0.1, 0.15) is 21.2 Å². The van der Waals surface area contributed by atoms with Crippen molar-refractivity contribution in [3.63, 3.8) is 0 Å².